The molecule has 0 aliphatic heterocycles. The molecular weight excluding hydrogens is 295 g/mol. The number of hydrogen-bond donors (Lipinski definition) is 2. The van der Waals surface area contributed by atoms with E-state index in [2.05, 4.69) is 10.6 Å². The van der Waals surface area contributed by atoms with Gasteiger partial charge in [-0.1, -0.05) is 23.2 Å². The zero-order chi connectivity index (χ0) is 13.8. The van der Waals surface area contributed by atoms with Gasteiger partial charge in [0.1, 0.15) is 4.90 Å². The quantitative estimate of drug-likeness (QED) is 0.498. The minimum atomic E-state index is -3.70. The molecule has 0 aliphatic carbocycles. The predicted molar refractivity (Wildman–Crippen MR) is 74.1 cm³/mol. The van der Waals surface area contributed by atoms with Gasteiger partial charge in [-0.2, -0.15) is 0 Å². The standard InChI is InChI=1S/C11H12Cl2N2O2S/c1-2-3-4-7-15-18(16,17)9-6-5-8(12)11(14)10(9)13/h1,5-6,15H,3-4,7,14H2. The molecule has 3 N–H and O–H groups in total. The topological polar surface area (TPSA) is 72.2 Å². The van der Waals surface area contributed by atoms with E-state index in [4.69, 9.17) is 35.4 Å². The maximum absolute atomic E-state index is 11.9. The van der Waals surface area contributed by atoms with E-state index in [0.717, 1.165) is 0 Å². The fourth-order valence-corrected chi connectivity index (χ4v) is 3.07. The van der Waals surface area contributed by atoms with Gasteiger partial charge in [-0.15, -0.1) is 12.3 Å². The van der Waals surface area contributed by atoms with E-state index >= 15 is 0 Å². The molecule has 4 nitrogen and oxygen atoms in total. The lowest BCUT2D eigenvalue weighted by Gasteiger charge is -2.10. The molecule has 0 aromatic heterocycles. The molecule has 0 atom stereocenters. The van der Waals surface area contributed by atoms with E-state index in [1.54, 1.807) is 0 Å². The highest BCUT2D eigenvalue weighted by molar-refractivity contribution is 7.89. The van der Waals surface area contributed by atoms with Crippen LogP contribution in [0.15, 0.2) is 17.0 Å². The van der Waals surface area contributed by atoms with Gasteiger partial charge < -0.3 is 5.73 Å². The van der Waals surface area contributed by atoms with Crippen LogP contribution in [0.5, 0.6) is 0 Å². The number of unbranched alkanes of at least 4 members (excludes halogenated alkanes) is 1. The monoisotopic (exact) mass is 306 g/mol. The van der Waals surface area contributed by atoms with Crippen LogP contribution in [0, 0.1) is 12.3 Å². The molecule has 0 unspecified atom stereocenters. The van der Waals surface area contributed by atoms with Crippen molar-refractivity contribution < 1.29 is 8.42 Å². The second-order valence-corrected chi connectivity index (χ2v) is 6.00. The first-order chi connectivity index (χ1) is 8.40. The molecule has 0 saturated carbocycles. The summed E-state index contributed by atoms with van der Waals surface area (Å²) in [4.78, 5) is -0.0909. The van der Waals surface area contributed by atoms with Gasteiger partial charge in [0.15, 0.2) is 0 Å². The first kappa shape index (κ1) is 15.1. The predicted octanol–water partition coefficient (Wildman–Crippen LogP) is 2.27. The minimum absolute atomic E-state index is 0.0461. The number of sulfonamides is 1. The molecular formula is C11H12Cl2N2O2S. The van der Waals surface area contributed by atoms with E-state index < -0.39 is 10.0 Å². The third-order valence-electron chi connectivity index (χ3n) is 2.17. The first-order valence-electron chi connectivity index (χ1n) is 5.06. The van der Waals surface area contributed by atoms with Crippen molar-refractivity contribution in [2.45, 2.75) is 17.7 Å². The Bertz CT molecular complexity index is 579. The lowest BCUT2D eigenvalue weighted by Crippen LogP contribution is -2.25. The summed E-state index contributed by atoms with van der Waals surface area (Å²) in [6.07, 6.45) is 6.12. The first-order valence-corrected chi connectivity index (χ1v) is 7.30. The Morgan fingerprint density at radius 3 is 2.67 bits per heavy atom. The Hall–Kier alpha value is -0.930. The third-order valence-corrected chi connectivity index (χ3v) is 4.52. The van der Waals surface area contributed by atoms with Crippen molar-refractivity contribution in [3.05, 3.63) is 22.2 Å². The zero-order valence-electron chi connectivity index (χ0n) is 9.41. The van der Waals surface area contributed by atoms with E-state index in [1.165, 1.54) is 12.1 Å². The van der Waals surface area contributed by atoms with Crippen LogP contribution in [0.2, 0.25) is 10.0 Å². The van der Waals surface area contributed by atoms with Crippen molar-refractivity contribution in [1.29, 1.82) is 0 Å². The van der Waals surface area contributed by atoms with Crippen LogP contribution >= 0.6 is 23.2 Å². The number of nitrogens with one attached hydrogen (secondary N) is 1. The van der Waals surface area contributed by atoms with Crippen LogP contribution in [-0.2, 0) is 10.0 Å². The third kappa shape index (κ3) is 3.53. The van der Waals surface area contributed by atoms with Crippen molar-refractivity contribution in [3.8, 4) is 12.3 Å². The SMILES string of the molecule is C#CCCCNS(=O)(=O)c1ccc(Cl)c(N)c1Cl. The van der Waals surface area contributed by atoms with Gasteiger partial charge >= 0.3 is 0 Å². The summed E-state index contributed by atoms with van der Waals surface area (Å²) < 4.78 is 26.3. The summed E-state index contributed by atoms with van der Waals surface area (Å²) in [5.41, 5.74) is 5.62. The molecule has 1 aromatic rings. The summed E-state index contributed by atoms with van der Waals surface area (Å²) in [7, 11) is -3.70. The summed E-state index contributed by atoms with van der Waals surface area (Å²) in [6, 6.07) is 2.70. The number of benzene rings is 1. The van der Waals surface area contributed by atoms with Crippen LogP contribution in [-0.4, -0.2) is 15.0 Å². The summed E-state index contributed by atoms with van der Waals surface area (Å²) >= 11 is 11.6. The van der Waals surface area contributed by atoms with Gasteiger partial charge in [0, 0.05) is 13.0 Å². The maximum Gasteiger partial charge on any atom is 0.242 e. The summed E-state index contributed by atoms with van der Waals surface area (Å²) in [5.74, 6) is 2.42. The highest BCUT2D eigenvalue weighted by Crippen LogP contribution is 2.32. The van der Waals surface area contributed by atoms with E-state index in [9.17, 15) is 8.42 Å². The molecule has 0 aliphatic rings. The van der Waals surface area contributed by atoms with Crippen molar-refractivity contribution in [2.75, 3.05) is 12.3 Å². The summed E-state index contributed by atoms with van der Waals surface area (Å²) in [6.45, 7) is 0.241. The van der Waals surface area contributed by atoms with E-state index in [-0.39, 0.29) is 27.2 Å². The maximum atomic E-state index is 11.9. The van der Waals surface area contributed by atoms with Crippen LogP contribution in [0.1, 0.15) is 12.8 Å². The molecule has 0 fully saturated rings. The Morgan fingerprint density at radius 1 is 1.39 bits per heavy atom. The van der Waals surface area contributed by atoms with E-state index in [0.29, 0.717) is 12.8 Å². The molecule has 18 heavy (non-hydrogen) atoms. The zero-order valence-corrected chi connectivity index (χ0v) is 11.7. The Morgan fingerprint density at radius 2 is 2.06 bits per heavy atom. The average molecular weight is 307 g/mol. The number of nitrogen functional groups attached to an aromatic ring is 1. The number of halogens is 2. The Labute approximate surface area is 117 Å². The molecule has 0 amide bonds. The van der Waals surface area contributed by atoms with Gasteiger partial charge in [-0.25, -0.2) is 13.1 Å². The highest BCUT2D eigenvalue weighted by atomic mass is 35.5. The molecule has 0 radical (unpaired) electrons. The number of terminal acetylenes is 1. The molecule has 7 heteroatoms. The second kappa shape index (κ2) is 6.30. The Kier molecular flexibility index (Phi) is 5.29. The molecule has 98 valence electrons. The second-order valence-electron chi connectivity index (χ2n) is 3.48. The smallest absolute Gasteiger partial charge is 0.242 e. The molecule has 0 heterocycles. The van der Waals surface area contributed by atoms with Crippen LogP contribution in [0.25, 0.3) is 0 Å². The number of anilines is 1. The average Bonchev–Trinajstić information content (AvgIpc) is 2.31. The fraction of sp³-hybridized carbons (Fsp3) is 0.273. The largest absolute Gasteiger partial charge is 0.396 e. The summed E-state index contributed by atoms with van der Waals surface area (Å²) in [5, 5.41) is 0.137. The minimum Gasteiger partial charge on any atom is -0.396 e. The van der Waals surface area contributed by atoms with Gasteiger partial charge in [0.05, 0.1) is 15.7 Å². The van der Waals surface area contributed by atoms with Gasteiger partial charge in [-0.05, 0) is 18.6 Å². The van der Waals surface area contributed by atoms with Crippen molar-refractivity contribution >= 4 is 38.9 Å². The van der Waals surface area contributed by atoms with Crippen molar-refractivity contribution in [3.63, 3.8) is 0 Å². The number of hydrogen-bond acceptors (Lipinski definition) is 3. The highest BCUT2D eigenvalue weighted by Gasteiger charge is 2.19. The lowest BCUT2D eigenvalue weighted by atomic mass is 10.3. The van der Waals surface area contributed by atoms with Gasteiger partial charge in [0.2, 0.25) is 10.0 Å². The lowest BCUT2D eigenvalue weighted by molar-refractivity contribution is 0.580. The van der Waals surface area contributed by atoms with Gasteiger partial charge in [-0.3, -0.25) is 0 Å². The number of nitrogens with two attached hydrogens (primary N) is 1. The molecule has 0 saturated heterocycles. The molecule has 1 rings (SSSR count). The van der Waals surface area contributed by atoms with Crippen LogP contribution < -0.4 is 10.5 Å². The molecule has 0 spiro atoms. The molecule has 1 aromatic carbocycles. The van der Waals surface area contributed by atoms with Crippen LogP contribution in [0.4, 0.5) is 5.69 Å². The number of rotatable bonds is 5. The normalized spacial score (nSPS) is 11.2. The molecule has 0 bridgehead atoms. The Balaban J connectivity index is 2.93. The van der Waals surface area contributed by atoms with Crippen molar-refractivity contribution in [1.82, 2.24) is 4.72 Å². The van der Waals surface area contributed by atoms with Crippen LogP contribution in [0.3, 0.4) is 0 Å². The fourth-order valence-electron chi connectivity index (χ4n) is 1.23. The van der Waals surface area contributed by atoms with Gasteiger partial charge in [0.25, 0.3) is 0 Å². The van der Waals surface area contributed by atoms with Crippen molar-refractivity contribution in [2.24, 2.45) is 0 Å². The van der Waals surface area contributed by atoms with E-state index in [1.807, 2.05) is 0 Å².